The maximum Gasteiger partial charge on any atom is 0.282 e. The molecule has 180 valence electrons. The molecule has 1 aromatic heterocycles. The van der Waals surface area contributed by atoms with Crippen molar-refractivity contribution in [1.29, 1.82) is 0 Å². The number of hydrogen-bond acceptors (Lipinski definition) is 4. The summed E-state index contributed by atoms with van der Waals surface area (Å²) in [5.74, 6) is -0.0473. The van der Waals surface area contributed by atoms with E-state index in [2.05, 4.69) is 5.10 Å². The maximum atomic E-state index is 13.4. The normalized spacial score (nSPS) is 19.1. The number of rotatable bonds is 5. The van der Waals surface area contributed by atoms with Crippen LogP contribution in [0.5, 0.6) is 0 Å². The highest BCUT2D eigenvalue weighted by atomic mass is 35.5. The van der Waals surface area contributed by atoms with Crippen LogP contribution >= 0.6 is 11.6 Å². The first-order valence-electron chi connectivity index (χ1n) is 11.7. The second-order valence-electron chi connectivity index (χ2n) is 9.00. The molecule has 2 aliphatic heterocycles. The third-order valence-electron chi connectivity index (χ3n) is 6.38. The van der Waals surface area contributed by atoms with Crippen LogP contribution in [0.15, 0.2) is 30.5 Å². The lowest BCUT2D eigenvalue weighted by Crippen LogP contribution is -2.54. The Balaban J connectivity index is 1.49. The molecule has 8 nitrogen and oxygen atoms in total. The number of hydrogen-bond donors (Lipinski definition) is 0. The van der Waals surface area contributed by atoms with E-state index < -0.39 is 10.2 Å². The number of amides is 1. The summed E-state index contributed by atoms with van der Waals surface area (Å²) in [5.41, 5.74) is 2.18. The molecule has 0 atom stereocenters. The van der Waals surface area contributed by atoms with Gasteiger partial charge in [0.05, 0.1) is 23.1 Å². The van der Waals surface area contributed by atoms with E-state index in [0.29, 0.717) is 49.9 Å². The average molecular weight is 494 g/mol. The number of piperazine rings is 1. The molecule has 0 aliphatic carbocycles. The van der Waals surface area contributed by atoms with Crippen molar-refractivity contribution in [3.05, 3.63) is 46.7 Å². The minimum absolute atomic E-state index is 0.0649. The van der Waals surface area contributed by atoms with Crippen molar-refractivity contribution < 1.29 is 13.2 Å². The summed E-state index contributed by atoms with van der Waals surface area (Å²) in [4.78, 5) is 15.1. The quantitative estimate of drug-likeness (QED) is 0.638. The van der Waals surface area contributed by atoms with Gasteiger partial charge in [-0.05, 0) is 37.0 Å². The number of aromatic nitrogens is 2. The van der Waals surface area contributed by atoms with E-state index in [9.17, 15) is 13.2 Å². The predicted octanol–water partition coefficient (Wildman–Crippen LogP) is 3.53. The Hall–Kier alpha value is -1.94. The zero-order valence-corrected chi connectivity index (χ0v) is 20.9. The second-order valence-corrected chi connectivity index (χ2v) is 11.4. The Morgan fingerprint density at radius 3 is 2.21 bits per heavy atom. The van der Waals surface area contributed by atoms with Crippen LogP contribution in [0.3, 0.4) is 0 Å². The van der Waals surface area contributed by atoms with Gasteiger partial charge >= 0.3 is 0 Å². The van der Waals surface area contributed by atoms with Gasteiger partial charge in [-0.25, -0.2) is 4.68 Å². The van der Waals surface area contributed by atoms with Crippen LogP contribution in [-0.2, 0) is 10.2 Å². The smallest absolute Gasteiger partial charge is 0.282 e. The summed E-state index contributed by atoms with van der Waals surface area (Å²) in [7, 11) is -3.48. The molecule has 2 fully saturated rings. The molecular weight excluding hydrogens is 462 g/mol. The first-order chi connectivity index (χ1) is 15.8. The van der Waals surface area contributed by atoms with Crippen LogP contribution in [-0.4, -0.2) is 76.9 Å². The largest absolute Gasteiger partial charge is 0.336 e. The Kier molecular flexibility index (Phi) is 7.43. The van der Waals surface area contributed by atoms with Gasteiger partial charge in [0.2, 0.25) is 0 Å². The van der Waals surface area contributed by atoms with Crippen LogP contribution in [0.2, 0.25) is 5.02 Å². The SMILES string of the molecule is CC(C)c1c(C(=O)N2CCN(S(=O)(=O)N3CCCCCC3)CC2)cnn1-c1cccc(Cl)c1. The fourth-order valence-corrected chi connectivity index (χ4v) is 6.48. The summed E-state index contributed by atoms with van der Waals surface area (Å²) in [6.07, 6.45) is 5.59. The molecule has 2 saturated heterocycles. The number of nitrogens with zero attached hydrogens (tertiary/aromatic N) is 5. The van der Waals surface area contributed by atoms with Gasteiger partial charge in [0, 0.05) is 44.3 Å². The number of carbonyl (C=O) groups is 1. The number of benzene rings is 1. The predicted molar refractivity (Wildman–Crippen MR) is 129 cm³/mol. The lowest BCUT2D eigenvalue weighted by Gasteiger charge is -2.36. The molecule has 2 aliphatic rings. The van der Waals surface area contributed by atoms with E-state index in [1.54, 1.807) is 26.2 Å². The zero-order chi connectivity index (χ0) is 23.6. The highest BCUT2D eigenvalue weighted by Gasteiger charge is 2.34. The van der Waals surface area contributed by atoms with Crippen LogP contribution < -0.4 is 0 Å². The van der Waals surface area contributed by atoms with Gasteiger partial charge < -0.3 is 4.90 Å². The van der Waals surface area contributed by atoms with E-state index in [0.717, 1.165) is 37.1 Å². The molecule has 4 rings (SSSR count). The Bertz CT molecular complexity index is 1090. The first kappa shape index (κ1) is 24.2. The van der Waals surface area contributed by atoms with Crippen molar-refractivity contribution in [1.82, 2.24) is 23.3 Å². The molecule has 3 heterocycles. The fourth-order valence-electron chi connectivity index (χ4n) is 4.62. The van der Waals surface area contributed by atoms with Gasteiger partial charge in [-0.15, -0.1) is 0 Å². The lowest BCUT2D eigenvalue weighted by molar-refractivity contribution is 0.0692. The lowest BCUT2D eigenvalue weighted by atomic mass is 10.0. The second kappa shape index (κ2) is 10.1. The van der Waals surface area contributed by atoms with Crippen molar-refractivity contribution >= 4 is 27.7 Å². The molecule has 0 unspecified atom stereocenters. The van der Waals surface area contributed by atoms with E-state index >= 15 is 0 Å². The molecule has 0 saturated carbocycles. The van der Waals surface area contributed by atoms with E-state index in [4.69, 9.17) is 11.6 Å². The molecule has 10 heteroatoms. The van der Waals surface area contributed by atoms with E-state index in [-0.39, 0.29) is 11.8 Å². The third kappa shape index (κ3) is 5.11. The van der Waals surface area contributed by atoms with Gasteiger partial charge in [0.1, 0.15) is 0 Å². The number of halogens is 1. The van der Waals surface area contributed by atoms with Crippen molar-refractivity contribution in [3.63, 3.8) is 0 Å². The Morgan fingerprint density at radius 2 is 1.61 bits per heavy atom. The summed E-state index contributed by atoms with van der Waals surface area (Å²) >= 11 is 6.16. The summed E-state index contributed by atoms with van der Waals surface area (Å²) in [6.45, 7) is 6.58. The van der Waals surface area contributed by atoms with Gasteiger partial charge in [-0.2, -0.15) is 22.1 Å². The minimum atomic E-state index is -3.48. The van der Waals surface area contributed by atoms with Crippen molar-refractivity contribution in [2.24, 2.45) is 0 Å². The zero-order valence-electron chi connectivity index (χ0n) is 19.3. The summed E-state index contributed by atoms with van der Waals surface area (Å²) in [6, 6.07) is 7.39. The molecule has 0 radical (unpaired) electrons. The van der Waals surface area contributed by atoms with E-state index in [1.165, 1.54) is 4.31 Å². The standard InChI is InChI=1S/C23H32ClN5O3S/c1-18(2)22-21(17-25-29(22)20-9-7-8-19(24)16-20)23(30)26-12-14-28(15-13-26)33(31,32)27-10-5-3-4-6-11-27/h7-9,16-18H,3-6,10-15H2,1-2H3. The molecule has 1 aromatic carbocycles. The van der Waals surface area contributed by atoms with Gasteiger partial charge in [0.25, 0.3) is 16.1 Å². The monoisotopic (exact) mass is 493 g/mol. The van der Waals surface area contributed by atoms with Crippen molar-refractivity contribution in [2.75, 3.05) is 39.3 Å². The van der Waals surface area contributed by atoms with Crippen LogP contribution in [0.1, 0.15) is 61.5 Å². The highest BCUT2D eigenvalue weighted by molar-refractivity contribution is 7.86. The van der Waals surface area contributed by atoms with Crippen LogP contribution in [0.4, 0.5) is 0 Å². The molecule has 1 amide bonds. The summed E-state index contributed by atoms with van der Waals surface area (Å²) in [5, 5.41) is 5.09. The molecule has 0 spiro atoms. The molecular formula is C23H32ClN5O3S. The molecule has 33 heavy (non-hydrogen) atoms. The van der Waals surface area contributed by atoms with Crippen molar-refractivity contribution in [3.8, 4) is 5.69 Å². The highest BCUT2D eigenvalue weighted by Crippen LogP contribution is 2.26. The van der Waals surface area contributed by atoms with Crippen LogP contribution in [0, 0.1) is 0 Å². The van der Waals surface area contributed by atoms with Gasteiger partial charge in [0.15, 0.2) is 0 Å². The van der Waals surface area contributed by atoms with Gasteiger partial charge in [-0.1, -0.05) is 44.4 Å². The summed E-state index contributed by atoms with van der Waals surface area (Å²) < 4.78 is 31.1. The topological polar surface area (TPSA) is 78.8 Å². The first-order valence-corrected chi connectivity index (χ1v) is 13.4. The maximum absolute atomic E-state index is 13.4. The molecule has 2 aromatic rings. The third-order valence-corrected chi connectivity index (χ3v) is 8.65. The molecule has 0 bridgehead atoms. The fraction of sp³-hybridized carbons (Fsp3) is 0.565. The Morgan fingerprint density at radius 1 is 0.970 bits per heavy atom. The van der Waals surface area contributed by atoms with Crippen LogP contribution in [0.25, 0.3) is 5.69 Å². The molecule has 0 N–H and O–H groups in total. The average Bonchev–Trinajstić information content (AvgIpc) is 3.06. The minimum Gasteiger partial charge on any atom is -0.336 e. The van der Waals surface area contributed by atoms with E-state index in [1.807, 2.05) is 32.0 Å². The van der Waals surface area contributed by atoms with Gasteiger partial charge in [-0.3, -0.25) is 4.79 Å². The Labute approximate surface area is 201 Å². The van der Waals surface area contributed by atoms with Crippen molar-refractivity contribution in [2.45, 2.75) is 45.4 Å². The number of carbonyl (C=O) groups excluding carboxylic acids is 1.